The largest absolute Gasteiger partial charge is 0.399 e. The van der Waals surface area contributed by atoms with Gasteiger partial charge in [-0.2, -0.15) is 0 Å². The molecule has 0 bridgehead atoms. The van der Waals surface area contributed by atoms with Crippen molar-refractivity contribution in [2.75, 3.05) is 5.73 Å². The summed E-state index contributed by atoms with van der Waals surface area (Å²) in [5.41, 5.74) is 6.79. The minimum atomic E-state index is -0.144. The number of thiophene rings is 1. The first-order valence-electron chi connectivity index (χ1n) is 5.13. The first-order valence-corrected chi connectivity index (χ1v) is 7.59. The summed E-state index contributed by atoms with van der Waals surface area (Å²) in [6.45, 7) is 0.498. The second-order valence-electron chi connectivity index (χ2n) is 3.61. The normalized spacial score (nSPS) is 10.3. The fraction of sp³-hybridized carbons (Fsp3) is 0.0833. The van der Waals surface area contributed by atoms with Gasteiger partial charge in [-0.1, -0.05) is 0 Å². The molecule has 3 nitrogen and oxygen atoms in total. The Bertz CT molecular complexity index is 583. The Morgan fingerprint density at radius 1 is 1.28 bits per heavy atom. The summed E-state index contributed by atoms with van der Waals surface area (Å²) < 4.78 is 1.75. The molecule has 18 heavy (non-hydrogen) atoms. The molecule has 94 valence electrons. The van der Waals surface area contributed by atoms with Crippen molar-refractivity contribution in [3.8, 4) is 0 Å². The fourth-order valence-electron chi connectivity index (χ4n) is 1.42. The molecule has 2 aromatic rings. The monoisotopic (exact) mass is 388 g/mol. The molecule has 0 saturated carbocycles. The molecule has 3 N–H and O–H groups in total. The lowest BCUT2D eigenvalue weighted by Crippen LogP contribution is -2.23. The minimum Gasteiger partial charge on any atom is -0.399 e. The van der Waals surface area contributed by atoms with Crippen LogP contribution in [0, 0.1) is 0 Å². The van der Waals surface area contributed by atoms with Gasteiger partial charge in [0, 0.05) is 19.5 Å². The van der Waals surface area contributed by atoms with Crippen molar-refractivity contribution < 1.29 is 4.79 Å². The number of nitrogens with two attached hydrogens (primary N) is 1. The molecular formula is C12H10Br2N2OS. The molecule has 1 aromatic carbocycles. The van der Waals surface area contributed by atoms with Gasteiger partial charge in [0.2, 0.25) is 0 Å². The molecule has 0 atom stereocenters. The third-order valence-electron chi connectivity index (χ3n) is 2.34. The molecule has 0 fully saturated rings. The van der Waals surface area contributed by atoms with Crippen LogP contribution in [0.25, 0.3) is 0 Å². The molecule has 2 rings (SSSR count). The van der Waals surface area contributed by atoms with Crippen LogP contribution in [0.2, 0.25) is 0 Å². The molecule has 1 heterocycles. The lowest BCUT2D eigenvalue weighted by atomic mass is 10.2. The minimum absolute atomic E-state index is 0.144. The Morgan fingerprint density at radius 3 is 2.72 bits per heavy atom. The lowest BCUT2D eigenvalue weighted by Gasteiger charge is -2.07. The average Bonchev–Trinajstić information content (AvgIpc) is 2.75. The highest BCUT2D eigenvalue weighted by atomic mass is 79.9. The van der Waals surface area contributed by atoms with Crippen LogP contribution in [-0.4, -0.2) is 5.91 Å². The van der Waals surface area contributed by atoms with Gasteiger partial charge in [-0.15, -0.1) is 11.3 Å². The van der Waals surface area contributed by atoms with E-state index in [0.29, 0.717) is 17.8 Å². The van der Waals surface area contributed by atoms with Crippen molar-refractivity contribution in [1.82, 2.24) is 5.32 Å². The Hall–Kier alpha value is -0.850. The molecule has 0 aliphatic rings. The summed E-state index contributed by atoms with van der Waals surface area (Å²) in [6.07, 6.45) is 0. The van der Waals surface area contributed by atoms with E-state index in [0.717, 1.165) is 13.8 Å². The van der Waals surface area contributed by atoms with Crippen LogP contribution in [0.4, 0.5) is 5.69 Å². The summed E-state index contributed by atoms with van der Waals surface area (Å²) in [4.78, 5) is 13.1. The van der Waals surface area contributed by atoms with E-state index in [9.17, 15) is 4.79 Å². The van der Waals surface area contributed by atoms with Gasteiger partial charge >= 0.3 is 0 Å². The van der Waals surface area contributed by atoms with Crippen molar-refractivity contribution in [3.63, 3.8) is 0 Å². The van der Waals surface area contributed by atoms with Crippen LogP contribution in [0.1, 0.15) is 15.2 Å². The summed E-state index contributed by atoms with van der Waals surface area (Å²) in [5, 5.41) is 4.84. The number of benzene rings is 1. The van der Waals surface area contributed by atoms with Gasteiger partial charge in [-0.25, -0.2) is 0 Å². The van der Waals surface area contributed by atoms with Crippen LogP contribution < -0.4 is 11.1 Å². The van der Waals surface area contributed by atoms with E-state index in [1.165, 1.54) is 0 Å². The zero-order valence-corrected chi connectivity index (χ0v) is 13.2. The molecule has 6 heteroatoms. The first-order chi connectivity index (χ1) is 8.58. The molecule has 0 aliphatic heterocycles. The van der Waals surface area contributed by atoms with Gasteiger partial charge in [0.15, 0.2) is 0 Å². The number of carbonyl (C=O) groups excluding carboxylic acids is 1. The first kappa shape index (κ1) is 13.6. The van der Waals surface area contributed by atoms with E-state index in [1.54, 1.807) is 29.5 Å². The van der Waals surface area contributed by atoms with E-state index < -0.39 is 0 Å². The quantitative estimate of drug-likeness (QED) is 0.784. The highest BCUT2D eigenvalue weighted by molar-refractivity contribution is 9.10. The number of rotatable bonds is 3. The molecule has 0 aliphatic carbocycles. The zero-order chi connectivity index (χ0) is 13.1. The Morgan fingerprint density at radius 2 is 2.06 bits per heavy atom. The van der Waals surface area contributed by atoms with E-state index in [1.807, 2.05) is 11.4 Å². The number of anilines is 1. The molecule has 0 saturated heterocycles. The number of nitrogen functional groups attached to an aromatic ring is 1. The number of amides is 1. The Balaban J connectivity index is 2.08. The average molecular weight is 390 g/mol. The Labute approximate surface area is 126 Å². The third kappa shape index (κ3) is 3.13. The van der Waals surface area contributed by atoms with Crippen molar-refractivity contribution >= 4 is 54.8 Å². The summed E-state index contributed by atoms with van der Waals surface area (Å²) >= 11 is 8.37. The molecule has 1 amide bonds. The second kappa shape index (κ2) is 5.86. The summed E-state index contributed by atoms with van der Waals surface area (Å²) in [5.74, 6) is -0.144. The van der Waals surface area contributed by atoms with E-state index in [4.69, 9.17) is 5.73 Å². The number of halogens is 2. The van der Waals surface area contributed by atoms with Gasteiger partial charge in [-0.3, -0.25) is 4.79 Å². The van der Waals surface area contributed by atoms with Crippen molar-refractivity contribution in [3.05, 3.63) is 49.0 Å². The number of hydrogen-bond donors (Lipinski definition) is 2. The van der Waals surface area contributed by atoms with Crippen molar-refractivity contribution in [2.45, 2.75) is 6.54 Å². The number of nitrogens with one attached hydrogen (secondary N) is 1. The maximum atomic E-state index is 12.0. The SMILES string of the molecule is Nc1ccc(Br)c(C(=O)NCc2sccc2Br)c1. The Kier molecular flexibility index (Phi) is 4.42. The number of hydrogen-bond acceptors (Lipinski definition) is 3. The number of carbonyl (C=O) groups is 1. The van der Waals surface area contributed by atoms with Gasteiger partial charge in [0.05, 0.1) is 12.1 Å². The summed E-state index contributed by atoms with van der Waals surface area (Å²) in [6, 6.07) is 7.13. The molecule has 0 radical (unpaired) electrons. The van der Waals surface area contributed by atoms with E-state index in [-0.39, 0.29) is 5.91 Å². The van der Waals surface area contributed by atoms with Gasteiger partial charge in [0.25, 0.3) is 5.91 Å². The van der Waals surface area contributed by atoms with Gasteiger partial charge in [0.1, 0.15) is 0 Å². The maximum Gasteiger partial charge on any atom is 0.252 e. The maximum absolute atomic E-state index is 12.0. The molecule has 0 unspecified atom stereocenters. The van der Waals surface area contributed by atoms with Crippen LogP contribution in [0.15, 0.2) is 38.6 Å². The zero-order valence-electron chi connectivity index (χ0n) is 9.24. The predicted molar refractivity (Wildman–Crippen MR) is 81.7 cm³/mol. The third-order valence-corrected chi connectivity index (χ3v) is 4.95. The van der Waals surface area contributed by atoms with Gasteiger partial charge < -0.3 is 11.1 Å². The van der Waals surface area contributed by atoms with E-state index >= 15 is 0 Å². The van der Waals surface area contributed by atoms with Crippen molar-refractivity contribution in [1.29, 1.82) is 0 Å². The second-order valence-corrected chi connectivity index (χ2v) is 6.32. The van der Waals surface area contributed by atoms with Crippen LogP contribution >= 0.6 is 43.2 Å². The van der Waals surface area contributed by atoms with Crippen LogP contribution in [0.3, 0.4) is 0 Å². The highest BCUT2D eigenvalue weighted by Gasteiger charge is 2.11. The van der Waals surface area contributed by atoms with Crippen molar-refractivity contribution in [2.24, 2.45) is 0 Å². The lowest BCUT2D eigenvalue weighted by molar-refractivity contribution is 0.0950. The van der Waals surface area contributed by atoms with Crippen LogP contribution in [0.5, 0.6) is 0 Å². The summed E-state index contributed by atoms with van der Waals surface area (Å²) in [7, 11) is 0. The highest BCUT2D eigenvalue weighted by Crippen LogP contribution is 2.23. The molecular weight excluding hydrogens is 380 g/mol. The van der Waals surface area contributed by atoms with Gasteiger partial charge in [-0.05, 0) is 61.5 Å². The molecule has 1 aromatic heterocycles. The smallest absolute Gasteiger partial charge is 0.252 e. The standard InChI is InChI=1S/C12H10Br2N2OS/c13-9-2-1-7(15)5-8(9)12(17)16-6-11-10(14)3-4-18-11/h1-5H,6,15H2,(H,16,17). The van der Waals surface area contributed by atoms with E-state index in [2.05, 4.69) is 37.2 Å². The molecule has 0 spiro atoms. The fourth-order valence-corrected chi connectivity index (χ4v) is 3.28. The topological polar surface area (TPSA) is 55.1 Å². The van der Waals surface area contributed by atoms with Crippen LogP contribution in [-0.2, 0) is 6.54 Å². The predicted octanol–water partition coefficient (Wildman–Crippen LogP) is 3.79.